The van der Waals surface area contributed by atoms with Gasteiger partial charge in [-0.3, -0.25) is 9.59 Å². The molecule has 0 spiro atoms. The molecule has 1 aliphatic rings. The van der Waals surface area contributed by atoms with E-state index in [1.807, 2.05) is 0 Å². The van der Waals surface area contributed by atoms with E-state index in [0.717, 1.165) is 0 Å². The molecule has 1 amide bonds. The largest absolute Gasteiger partial charge is 0.314 e. The Morgan fingerprint density at radius 3 is 2.60 bits per heavy atom. The molecule has 4 heteroatoms. The molecule has 0 radical (unpaired) electrons. The predicted octanol–water partition coefficient (Wildman–Crippen LogP) is 0.661. The van der Waals surface area contributed by atoms with E-state index in [9.17, 15) is 14.4 Å². The number of anilines is 1. The molecule has 0 aliphatic carbocycles. The van der Waals surface area contributed by atoms with Crippen LogP contribution >= 0.6 is 0 Å². The van der Waals surface area contributed by atoms with Crippen molar-refractivity contribution in [2.45, 2.75) is 0 Å². The third-order valence-corrected chi connectivity index (χ3v) is 2.55. The Balaban J connectivity index is 2.62. The summed E-state index contributed by atoms with van der Waals surface area (Å²) in [5.74, 6) is -2.05. The molecule has 1 aliphatic heterocycles. The van der Waals surface area contributed by atoms with E-state index in [1.165, 1.54) is 4.90 Å². The topological polar surface area (TPSA) is 54.5 Å². The molecule has 2 rings (SSSR count). The van der Waals surface area contributed by atoms with Crippen molar-refractivity contribution in [3.8, 4) is 0 Å². The van der Waals surface area contributed by atoms with Gasteiger partial charge < -0.3 is 9.69 Å². The third kappa shape index (κ3) is 1.26. The fourth-order valence-corrected chi connectivity index (χ4v) is 1.70. The van der Waals surface area contributed by atoms with Crippen molar-refractivity contribution in [3.63, 3.8) is 0 Å². The zero-order valence-corrected chi connectivity index (χ0v) is 8.14. The number of ketones is 1. The molecule has 76 valence electrons. The molecule has 1 aromatic carbocycles. The Labute approximate surface area is 86.5 Å². The van der Waals surface area contributed by atoms with Gasteiger partial charge in [0.25, 0.3) is 0 Å². The molecule has 0 saturated carbocycles. The van der Waals surface area contributed by atoms with Gasteiger partial charge in [0.05, 0.1) is 5.69 Å². The average molecular weight is 203 g/mol. The monoisotopic (exact) mass is 203 g/mol. The maximum Gasteiger partial charge on any atom is 0.244 e. The SMILES string of the molecule is CN1C(=O)[C@@H](C=O)C(=O)c2ccccc21. The van der Waals surface area contributed by atoms with Crippen LogP contribution in [0.1, 0.15) is 10.4 Å². The van der Waals surface area contributed by atoms with Crippen molar-refractivity contribution in [2.75, 3.05) is 11.9 Å². The van der Waals surface area contributed by atoms with Gasteiger partial charge in [-0.15, -0.1) is 0 Å². The smallest absolute Gasteiger partial charge is 0.244 e. The molecule has 1 aromatic rings. The van der Waals surface area contributed by atoms with Crippen LogP contribution in [0.4, 0.5) is 5.69 Å². The number of hydrogen-bond acceptors (Lipinski definition) is 3. The molecule has 1 heterocycles. The second-order valence-corrected chi connectivity index (χ2v) is 3.39. The average Bonchev–Trinajstić information content (AvgIpc) is 2.27. The van der Waals surface area contributed by atoms with Crippen molar-refractivity contribution >= 4 is 23.7 Å². The second kappa shape index (κ2) is 3.31. The molecule has 0 fully saturated rings. The number of benzene rings is 1. The lowest BCUT2D eigenvalue weighted by Crippen LogP contribution is -2.43. The first-order valence-corrected chi connectivity index (χ1v) is 4.53. The van der Waals surface area contributed by atoms with Crippen LogP contribution in [-0.2, 0) is 9.59 Å². The quantitative estimate of drug-likeness (QED) is 0.497. The number of rotatable bonds is 1. The lowest BCUT2D eigenvalue weighted by Gasteiger charge is -2.27. The maximum atomic E-state index is 11.7. The lowest BCUT2D eigenvalue weighted by molar-refractivity contribution is -0.125. The highest BCUT2D eigenvalue weighted by Gasteiger charge is 2.37. The zero-order chi connectivity index (χ0) is 11.0. The fraction of sp³-hybridized carbons (Fsp3) is 0.182. The summed E-state index contributed by atoms with van der Waals surface area (Å²) in [5, 5.41) is 0. The van der Waals surface area contributed by atoms with Crippen LogP contribution in [0.5, 0.6) is 0 Å². The molecular weight excluding hydrogens is 194 g/mol. The number of fused-ring (bicyclic) bond motifs is 1. The van der Waals surface area contributed by atoms with Gasteiger partial charge in [0.2, 0.25) is 5.91 Å². The third-order valence-electron chi connectivity index (χ3n) is 2.55. The van der Waals surface area contributed by atoms with Gasteiger partial charge in [-0.25, -0.2) is 0 Å². The molecular formula is C11H9NO3. The first kappa shape index (κ1) is 9.58. The van der Waals surface area contributed by atoms with Crippen LogP contribution in [0.2, 0.25) is 0 Å². The molecule has 0 saturated heterocycles. The summed E-state index contributed by atoms with van der Waals surface area (Å²) in [6.45, 7) is 0. The first-order valence-electron chi connectivity index (χ1n) is 4.53. The van der Waals surface area contributed by atoms with Crippen molar-refractivity contribution in [1.29, 1.82) is 0 Å². The van der Waals surface area contributed by atoms with Gasteiger partial charge in [-0.2, -0.15) is 0 Å². The molecule has 0 N–H and O–H groups in total. The highest BCUT2D eigenvalue weighted by molar-refractivity contribution is 6.27. The fourth-order valence-electron chi connectivity index (χ4n) is 1.70. The van der Waals surface area contributed by atoms with Crippen LogP contribution in [0.25, 0.3) is 0 Å². The van der Waals surface area contributed by atoms with E-state index in [1.54, 1.807) is 31.3 Å². The van der Waals surface area contributed by atoms with Gasteiger partial charge >= 0.3 is 0 Å². The highest BCUT2D eigenvalue weighted by atomic mass is 16.2. The van der Waals surface area contributed by atoms with Gasteiger partial charge in [-0.1, -0.05) is 12.1 Å². The number of para-hydroxylation sites is 1. The summed E-state index contributed by atoms with van der Waals surface area (Å²) in [6, 6.07) is 6.77. The van der Waals surface area contributed by atoms with Gasteiger partial charge in [0, 0.05) is 12.6 Å². The van der Waals surface area contributed by atoms with E-state index in [2.05, 4.69) is 0 Å². The van der Waals surface area contributed by atoms with Crippen LogP contribution in [0.15, 0.2) is 24.3 Å². The van der Waals surface area contributed by atoms with Crippen molar-refractivity contribution in [3.05, 3.63) is 29.8 Å². The summed E-state index contributed by atoms with van der Waals surface area (Å²) in [5.41, 5.74) is 0.988. The lowest BCUT2D eigenvalue weighted by atomic mass is 9.92. The normalized spacial score (nSPS) is 20.1. The van der Waals surface area contributed by atoms with Crippen molar-refractivity contribution in [2.24, 2.45) is 5.92 Å². The van der Waals surface area contributed by atoms with E-state index in [4.69, 9.17) is 0 Å². The number of aldehydes is 1. The number of nitrogens with zero attached hydrogens (tertiary/aromatic N) is 1. The summed E-state index contributed by atoms with van der Waals surface area (Å²) < 4.78 is 0. The molecule has 0 unspecified atom stereocenters. The van der Waals surface area contributed by atoms with Crippen LogP contribution < -0.4 is 4.90 Å². The van der Waals surface area contributed by atoms with Crippen LogP contribution in [-0.4, -0.2) is 25.0 Å². The summed E-state index contributed by atoms with van der Waals surface area (Å²) in [4.78, 5) is 35.3. The minimum atomic E-state index is -1.18. The summed E-state index contributed by atoms with van der Waals surface area (Å²) >= 11 is 0. The van der Waals surface area contributed by atoms with Gasteiger partial charge in [-0.05, 0) is 12.1 Å². The van der Waals surface area contributed by atoms with Crippen molar-refractivity contribution < 1.29 is 14.4 Å². The molecule has 0 aromatic heterocycles. The Bertz CT molecular complexity index is 453. The summed E-state index contributed by atoms with van der Waals surface area (Å²) in [7, 11) is 1.56. The zero-order valence-electron chi connectivity index (χ0n) is 8.14. The molecule has 1 atom stereocenters. The molecule has 4 nitrogen and oxygen atoms in total. The highest BCUT2D eigenvalue weighted by Crippen LogP contribution is 2.28. The van der Waals surface area contributed by atoms with Crippen LogP contribution in [0.3, 0.4) is 0 Å². The number of carbonyl (C=O) groups is 3. The standard InChI is InChI=1S/C11H9NO3/c1-12-9-5-3-2-4-7(9)10(14)8(6-13)11(12)15/h2-6,8H,1H3/t8-/m0/s1. The minimum absolute atomic E-state index is 0.400. The van der Waals surface area contributed by atoms with Crippen LogP contribution in [0, 0.1) is 5.92 Å². The summed E-state index contributed by atoms with van der Waals surface area (Å²) in [6.07, 6.45) is 0.400. The Morgan fingerprint density at radius 2 is 1.93 bits per heavy atom. The number of amides is 1. The second-order valence-electron chi connectivity index (χ2n) is 3.39. The Hall–Kier alpha value is -1.97. The van der Waals surface area contributed by atoms with E-state index >= 15 is 0 Å². The molecule has 0 bridgehead atoms. The first-order chi connectivity index (χ1) is 7.16. The van der Waals surface area contributed by atoms with Gasteiger partial charge in [0.1, 0.15) is 6.29 Å². The number of carbonyl (C=O) groups excluding carboxylic acids is 3. The number of Topliss-reactive ketones (excluding diaryl/α,β-unsaturated/α-hetero) is 1. The maximum absolute atomic E-state index is 11.7. The minimum Gasteiger partial charge on any atom is -0.314 e. The van der Waals surface area contributed by atoms with E-state index in [0.29, 0.717) is 17.5 Å². The predicted molar refractivity (Wildman–Crippen MR) is 53.7 cm³/mol. The van der Waals surface area contributed by atoms with E-state index < -0.39 is 17.6 Å². The van der Waals surface area contributed by atoms with Gasteiger partial charge in [0.15, 0.2) is 11.7 Å². The van der Waals surface area contributed by atoms with Crippen molar-refractivity contribution in [1.82, 2.24) is 0 Å². The Kier molecular flexibility index (Phi) is 2.11. The van der Waals surface area contributed by atoms with E-state index in [-0.39, 0.29) is 0 Å². The molecule has 15 heavy (non-hydrogen) atoms. The Morgan fingerprint density at radius 1 is 1.27 bits per heavy atom. The number of hydrogen-bond donors (Lipinski definition) is 0.